The van der Waals surface area contributed by atoms with Crippen molar-refractivity contribution in [2.45, 2.75) is 26.3 Å². The molecule has 0 atom stereocenters. The summed E-state index contributed by atoms with van der Waals surface area (Å²) in [6.07, 6.45) is 3.75. The number of hydrogen-bond acceptors (Lipinski definition) is 4. The molecule has 0 radical (unpaired) electrons. The van der Waals surface area contributed by atoms with Crippen LogP contribution >= 0.6 is 0 Å². The van der Waals surface area contributed by atoms with Gasteiger partial charge in [0, 0.05) is 19.8 Å². The lowest BCUT2D eigenvalue weighted by Crippen LogP contribution is -2.36. The zero-order chi connectivity index (χ0) is 13.0. The van der Waals surface area contributed by atoms with E-state index in [0.717, 1.165) is 38.2 Å². The van der Waals surface area contributed by atoms with Crippen LogP contribution in [0, 0.1) is 5.92 Å². The number of aryl methyl sites for hydroxylation is 1. The molecule has 5 heteroatoms. The third kappa shape index (κ3) is 3.32. The summed E-state index contributed by atoms with van der Waals surface area (Å²) in [4.78, 5) is 14.0. The largest absolute Gasteiger partial charge is 0.466 e. The topological polar surface area (TPSA) is 47.4 Å². The molecule has 1 aromatic rings. The molecule has 5 nitrogen and oxygen atoms in total. The van der Waals surface area contributed by atoms with Gasteiger partial charge in [0.2, 0.25) is 0 Å². The van der Waals surface area contributed by atoms with Crippen molar-refractivity contribution in [3.63, 3.8) is 0 Å². The van der Waals surface area contributed by atoms with Crippen LogP contribution in [0.25, 0.3) is 0 Å². The Kier molecular flexibility index (Phi) is 4.36. The molecular weight excluding hydrogens is 230 g/mol. The number of hydrogen-bond donors (Lipinski definition) is 0. The Morgan fingerprint density at radius 2 is 2.22 bits per heavy atom. The molecule has 0 bridgehead atoms. The summed E-state index contributed by atoms with van der Waals surface area (Å²) in [7, 11) is 1.93. The van der Waals surface area contributed by atoms with Gasteiger partial charge in [-0.15, -0.1) is 0 Å². The van der Waals surface area contributed by atoms with Gasteiger partial charge in [-0.25, -0.2) is 0 Å². The van der Waals surface area contributed by atoms with E-state index in [9.17, 15) is 4.79 Å². The fraction of sp³-hybridized carbons (Fsp3) is 0.692. The maximum Gasteiger partial charge on any atom is 0.309 e. The molecule has 18 heavy (non-hydrogen) atoms. The monoisotopic (exact) mass is 251 g/mol. The van der Waals surface area contributed by atoms with Crippen LogP contribution in [-0.4, -0.2) is 40.3 Å². The number of piperidine rings is 1. The predicted molar refractivity (Wildman–Crippen MR) is 67.8 cm³/mol. The van der Waals surface area contributed by atoms with Crippen LogP contribution < -0.4 is 0 Å². The Morgan fingerprint density at radius 1 is 1.50 bits per heavy atom. The van der Waals surface area contributed by atoms with Crippen molar-refractivity contribution in [1.82, 2.24) is 14.7 Å². The highest BCUT2D eigenvalue weighted by Gasteiger charge is 2.26. The molecule has 0 aromatic carbocycles. The van der Waals surface area contributed by atoms with E-state index in [1.165, 1.54) is 0 Å². The lowest BCUT2D eigenvalue weighted by molar-refractivity contribution is -0.149. The van der Waals surface area contributed by atoms with Gasteiger partial charge in [0.25, 0.3) is 0 Å². The van der Waals surface area contributed by atoms with Crippen molar-refractivity contribution in [2.24, 2.45) is 13.0 Å². The zero-order valence-corrected chi connectivity index (χ0v) is 11.1. The lowest BCUT2D eigenvalue weighted by atomic mass is 9.97. The van der Waals surface area contributed by atoms with E-state index in [1.807, 2.05) is 30.9 Å². The van der Waals surface area contributed by atoms with Gasteiger partial charge in [-0.3, -0.25) is 14.4 Å². The minimum atomic E-state index is -0.0324. The summed E-state index contributed by atoms with van der Waals surface area (Å²) in [6.45, 7) is 5.09. The second-order valence-corrected chi connectivity index (χ2v) is 4.78. The van der Waals surface area contributed by atoms with Crippen molar-refractivity contribution >= 4 is 5.97 Å². The van der Waals surface area contributed by atoms with Gasteiger partial charge < -0.3 is 4.74 Å². The highest BCUT2D eigenvalue weighted by Crippen LogP contribution is 2.19. The number of esters is 1. The number of carbonyl (C=O) groups is 1. The Balaban J connectivity index is 1.78. The number of likely N-dealkylation sites (tertiary alicyclic amines) is 1. The van der Waals surface area contributed by atoms with Crippen LogP contribution in [0.4, 0.5) is 0 Å². The average Bonchev–Trinajstić information content (AvgIpc) is 2.76. The maximum atomic E-state index is 11.6. The standard InChI is InChI=1S/C13H21N3O2/c1-3-18-13(17)11-4-8-16(9-5-11)10-12-6-7-15(2)14-12/h6-7,11H,3-5,8-10H2,1-2H3. The summed E-state index contributed by atoms with van der Waals surface area (Å²) in [5.41, 5.74) is 1.09. The molecule has 1 aliphatic heterocycles. The molecule has 2 heterocycles. The van der Waals surface area contributed by atoms with E-state index < -0.39 is 0 Å². The first kappa shape index (κ1) is 13.1. The molecule has 0 aliphatic carbocycles. The van der Waals surface area contributed by atoms with Crippen LogP contribution in [0.2, 0.25) is 0 Å². The third-order valence-electron chi connectivity index (χ3n) is 3.36. The SMILES string of the molecule is CCOC(=O)C1CCN(Cc2ccn(C)n2)CC1. The summed E-state index contributed by atoms with van der Waals surface area (Å²) in [5.74, 6) is 0.0555. The third-order valence-corrected chi connectivity index (χ3v) is 3.36. The van der Waals surface area contributed by atoms with Crippen molar-refractivity contribution < 1.29 is 9.53 Å². The summed E-state index contributed by atoms with van der Waals surface area (Å²) in [6, 6.07) is 2.04. The van der Waals surface area contributed by atoms with Gasteiger partial charge >= 0.3 is 5.97 Å². The first-order valence-corrected chi connectivity index (χ1v) is 6.56. The van der Waals surface area contributed by atoms with Crippen molar-refractivity contribution in [3.05, 3.63) is 18.0 Å². The van der Waals surface area contributed by atoms with Crippen LogP contribution in [0.1, 0.15) is 25.5 Å². The second kappa shape index (κ2) is 6.00. The Bertz CT molecular complexity index is 395. The van der Waals surface area contributed by atoms with Crippen LogP contribution in [0.15, 0.2) is 12.3 Å². The second-order valence-electron chi connectivity index (χ2n) is 4.78. The first-order chi connectivity index (χ1) is 8.69. The quantitative estimate of drug-likeness (QED) is 0.754. The summed E-state index contributed by atoms with van der Waals surface area (Å²) < 4.78 is 6.89. The van der Waals surface area contributed by atoms with E-state index in [-0.39, 0.29) is 11.9 Å². The molecule has 1 aromatic heterocycles. The molecular formula is C13H21N3O2. The number of carbonyl (C=O) groups excluding carboxylic acids is 1. The number of nitrogens with zero attached hydrogens (tertiary/aromatic N) is 3. The molecule has 0 amide bonds. The van der Waals surface area contributed by atoms with Crippen molar-refractivity contribution in [2.75, 3.05) is 19.7 Å². The minimum absolute atomic E-state index is 0.0324. The van der Waals surface area contributed by atoms with Crippen LogP contribution in [-0.2, 0) is 23.1 Å². The molecule has 1 saturated heterocycles. The molecule has 100 valence electrons. The highest BCUT2D eigenvalue weighted by atomic mass is 16.5. The van der Waals surface area contributed by atoms with Crippen LogP contribution in [0.5, 0.6) is 0 Å². The molecule has 1 fully saturated rings. The lowest BCUT2D eigenvalue weighted by Gasteiger charge is -2.30. The van der Waals surface area contributed by atoms with Gasteiger partial charge in [-0.1, -0.05) is 0 Å². The van der Waals surface area contributed by atoms with E-state index in [0.29, 0.717) is 6.61 Å². The first-order valence-electron chi connectivity index (χ1n) is 6.56. The molecule has 0 saturated carbocycles. The normalized spacial score (nSPS) is 17.9. The van der Waals surface area contributed by atoms with Gasteiger partial charge in [-0.2, -0.15) is 5.10 Å². The Hall–Kier alpha value is -1.36. The van der Waals surface area contributed by atoms with Crippen LogP contribution in [0.3, 0.4) is 0 Å². The average molecular weight is 251 g/mol. The zero-order valence-electron chi connectivity index (χ0n) is 11.1. The number of ether oxygens (including phenoxy) is 1. The predicted octanol–water partition coefficient (Wildman–Crippen LogP) is 1.20. The Morgan fingerprint density at radius 3 is 2.78 bits per heavy atom. The molecule has 0 unspecified atom stereocenters. The fourth-order valence-corrected chi connectivity index (χ4v) is 2.36. The molecule has 1 aliphatic rings. The minimum Gasteiger partial charge on any atom is -0.466 e. The number of rotatable bonds is 4. The van der Waals surface area contributed by atoms with E-state index in [2.05, 4.69) is 10.00 Å². The van der Waals surface area contributed by atoms with Gasteiger partial charge in [0.15, 0.2) is 0 Å². The van der Waals surface area contributed by atoms with E-state index in [4.69, 9.17) is 4.74 Å². The van der Waals surface area contributed by atoms with Crippen molar-refractivity contribution in [1.29, 1.82) is 0 Å². The van der Waals surface area contributed by atoms with E-state index >= 15 is 0 Å². The smallest absolute Gasteiger partial charge is 0.309 e. The Labute approximate surface area is 108 Å². The van der Waals surface area contributed by atoms with E-state index in [1.54, 1.807) is 0 Å². The molecule has 2 rings (SSSR count). The van der Waals surface area contributed by atoms with Gasteiger partial charge in [0.05, 0.1) is 18.2 Å². The fourth-order valence-electron chi connectivity index (χ4n) is 2.36. The van der Waals surface area contributed by atoms with Crippen molar-refractivity contribution in [3.8, 4) is 0 Å². The highest BCUT2D eigenvalue weighted by molar-refractivity contribution is 5.72. The van der Waals surface area contributed by atoms with Gasteiger partial charge in [-0.05, 0) is 38.9 Å². The maximum absolute atomic E-state index is 11.6. The molecule has 0 N–H and O–H groups in total. The summed E-state index contributed by atoms with van der Waals surface area (Å²) in [5, 5.41) is 4.37. The molecule has 0 spiro atoms. The summed E-state index contributed by atoms with van der Waals surface area (Å²) >= 11 is 0. The van der Waals surface area contributed by atoms with Gasteiger partial charge in [0.1, 0.15) is 0 Å². The number of aromatic nitrogens is 2.